The minimum atomic E-state index is -3.16. The Hall–Kier alpha value is -2.25. The van der Waals surface area contributed by atoms with E-state index in [1.54, 1.807) is 24.5 Å². The van der Waals surface area contributed by atoms with Crippen LogP contribution in [0.4, 0.5) is 0 Å². The van der Waals surface area contributed by atoms with Crippen LogP contribution >= 0.6 is 0 Å². The number of hydrogen-bond acceptors (Lipinski definition) is 5. The van der Waals surface area contributed by atoms with Gasteiger partial charge in [-0.2, -0.15) is 0 Å². The van der Waals surface area contributed by atoms with Gasteiger partial charge in [0, 0.05) is 38.3 Å². The predicted molar refractivity (Wildman–Crippen MR) is 109 cm³/mol. The summed E-state index contributed by atoms with van der Waals surface area (Å²) in [6.07, 6.45) is 7.21. The molecule has 1 N–H and O–H groups in total. The van der Waals surface area contributed by atoms with Gasteiger partial charge in [0.2, 0.25) is 5.91 Å². The van der Waals surface area contributed by atoms with E-state index in [0.717, 1.165) is 43.6 Å². The number of pyridine rings is 1. The predicted octanol–water partition coefficient (Wildman–Crippen LogP) is 2.06. The molecule has 2 heterocycles. The number of hydrogen-bond donors (Lipinski definition) is 1. The van der Waals surface area contributed by atoms with E-state index in [4.69, 9.17) is 0 Å². The summed E-state index contributed by atoms with van der Waals surface area (Å²) in [7, 11) is -3.16. The van der Waals surface area contributed by atoms with Gasteiger partial charge in [-0.3, -0.25) is 14.7 Å². The van der Waals surface area contributed by atoms with Crippen molar-refractivity contribution in [1.29, 1.82) is 0 Å². The Labute approximate surface area is 166 Å². The molecule has 1 aromatic carbocycles. The Morgan fingerprint density at radius 2 is 2.00 bits per heavy atom. The summed E-state index contributed by atoms with van der Waals surface area (Å²) in [5.74, 6) is 0.461. The minimum absolute atomic E-state index is 0.0292. The van der Waals surface area contributed by atoms with Gasteiger partial charge in [0.1, 0.15) is 0 Å². The maximum absolute atomic E-state index is 12.1. The molecule has 1 atom stereocenters. The lowest BCUT2D eigenvalue weighted by Crippen LogP contribution is -2.40. The van der Waals surface area contributed by atoms with Crippen molar-refractivity contribution in [3.05, 3.63) is 59.9 Å². The zero-order valence-corrected chi connectivity index (χ0v) is 17.0. The number of benzene rings is 1. The molecule has 7 heteroatoms. The van der Waals surface area contributed by atoms with Crippen molar-refractivity contribution >= 4 is 15.7 Å². The summed E-state index contributed by atoms with van der Waals surface area (Å²) < 4.78 is 23.1. The lowest BCUT2D eigenvalue weighted by atomic mass is 9.97. The fourth-order valence-corrected chi connectivity index (χ4v) is 4.20. The van der Waals surface area contributed by atoms with E-state index in [2.05, 4.69) is 15.2 Å². The molecular weight excluding hydrogens is 374 g/mol. The highest BCUT2D eigenvalue weighted by Crippen LogP contribution is 2.19. The first-order chi connectivity index (χ1) is 13.4. The highest BCUT2D eigenvalue weighted by molar-refractivity contribution is 7.90. The minimum Gasteiger partial charge on any atom is -0.355 e. The van der Waals surface area contributed by atoms with E-state index in [9.17, 15) is 13.2 Å². The molecule has 0 aliphatic carbocycles. The van der Waals surface area contributed by atoms with E-state index in [1.165, 1.54) is 6.26 Å². The SMILES string of the molecule is CS(=O)(=O)c1ccc(CN2CCCC(CNC(=O)Cc3cccnc3)C2)cc1. The van der Waals surface area contributed by atoms with Gasteiger partial charge in [0.25, 0.3) is 0 Å². The van der Waals surface area contributed by atoms with Crippen molar-refractivity contribution in [2.75, 3.05) is 25.9 Å². The number of carbonyl (C=O) groups excluding carboxylic acids is 1. The summed E-state index contributed by atoms with van der Waals surface area (Å²) in [6.45, 7) is 3.43. The zero-order valence-electron chi connectivity index (χ0n) is 16.2. The Balaban J connectivity index is 1.46. The van der Waals surface area contributed by atoms with Gasteiger partial charge in [-0.25, -0.2) is 8.42 Å². The maximum Gasteiger partial charge on any atom is 0.224 e. The molecule has 3 rings (SSSR count). The van der Waals surface area contributed by atoms with Crippen molar-refractivity contribution < 1.29 is 13.2 Å². The lowest BCUT2D eigenvalue weighted by molar-refractivity contribution is -0.120. The van der Waals surface area contributed by atoms with E-state index in [1.807, 2.05) is 24.3 Å². The second kappa shape index (κ2) is 9.30. The van der Waals surface area contributed by atoms with Gasteiger partial charge in [-0.1, -0.05) is 18.2 Å². The Morgan fingerprint density at radius 3 is 2.68 bits per heavy atom. The smallest absolute Gasteiger partial charge is 0.224 e. The van der Waals surface area contributed by atoms with Crippen LogP contribution in [0.25, 0.3) is 0 Å². The van der Waals surface area contributed by atoms with E-state index in [-0.39, 0.29) is 5.91 Å². The van der Waals surface area contributed by atoms with Crippen molar-refractivity contribution in [1.82, 2.24) is 15.2 Å². The van der Waals surface area contributed by atoms with Crippen molar-refractivity contribution in [2.45, 2.75) is 30.7 Å². The Morgan fingerprint density at radius 1 is 1.21 bits per heavy atom. The number of carbonyl (C=O) groups is 1. The third-order valence-electron chi connectivity index (χ3n) is 5.04. The number of aromatic nitrogens is 1. The van der Waals surface area contributed by atoms with Crippen LogP contribution in [0.3, 0.4) is 0 Å². The van der Waals surface area contributed by atoms with E-state index >= 15 is 0 Å². The molecule has 1 aliphatic rings. The molecule has 0 bridgehead atoms. The molecule has 1 aliphatic heterocycles. The summed E-state index contributed by atoms with van der Waals surface area (Å²) >= 11 is 0. The molecule has 0 spiro atoms. The number of nitrogens with one attached hydrogen (secondary N) is 1. The second-order valence-electron chi connectivity index (χ2n) is 7.50. The van der Waals surface area contributed by atoms with Gasteiger partial charge >= 0.3 is 0 Å². The van der Waals surface area contributed by atoms with Crippen LogP contribution in [0.2, 0.25) is 0 Å². The highest BCUT2D eigenvalue weighted by Gasteiger charge is 2.20. The fourth-order valence-electron chi connectivity index (χ4n) is 3.57. The molecule has 1 unspecified atom stereocenters. The first kappa shape index (κ1) is 20.5. The fraction of sp³-hybridized carbons (Fsp3) is 0.429. The molecule has 1 saturated heterocycles. The molecule has 1 amide bonds. The van der Waals surface area contributed by atoms with Crippen molar-refractivity contribution in [3.8, 4) is 0 Å². The summed E-state index contributed by atoms with van der Waals surface area (Å²) in [5.41, 5.74) is 2.02. The number of amides is 1. The third kappa shape index (κ3) is 6.14. The normalized spacial score (nSPS) is 18.0. The Kier molecular flexibility index (Phi) is 6.80. The number of sulfone groups is 1. The van der Waals surface area contributed by atoms with Crippen LogP contribution in [-0.4, -0.2) is 50.1 Å². The number of piperidine rings is 1. The van der Waals surface area contributed by atoms with Gasteiger partial charge in [-0.05, 0) is 54.6 Å². The Bertz CT molecular complexity index is 883. The van der Waals surface area contributed by atoms with Crippen molar-refractivity contribution in [2.24, 2.45) is 5.92 Å². The van der Waals surface area contributed by atoms with Crippen LogP contribution in [0.15, 0.2) is 53.7 Å². The molecule has 0 radical (unpaired) electrons. The molecule has 150 valence electrons. The van der Waals surface area contributed by atoms with Crippen LogP contribution < -0.4 is 5.32 Å². The van der Waals surface area contributed by atoms with Gasteiger partial charge in [0.15, 0.2) is 9.84 Å². The topological polar surface area (TPSA) is 79.4 Å². The molecular formula is C21H27N3O3S. The molecule has 1 fully saturated rings. The highest BCUT2D eigenvalue weighted by atomic mass is 32.2. The third-order valence-corrected chi connectivity index (χ3v) is 6.16. The zero-order chi connectivity index (χ0) is 20.0. The van der Waals surface area contributed by atoms with E-state index in [0.29, 0.717) is 23.8 Å². The molecule has 1 aromatic heterocycles. The summed E-state index contributed by atoms with van der Waals surface area (Å²) in [5, 5.41) is 3.05. The first-order valence-electron chi connectivity index (χ1n) is 9.57. The van der Waals surface area contributed by atoms with Crippen LogP contribution in [0.5, 0.6) is 0 Å². The van der Waals surface area contributed by atoms with Crippen LogP contribution in [0.1, 0.15) is 24.0 Å². The van der Waals surface area contributed by atoms with Crippen molar-refractivity contribution in [3.63, 3.8) is 0 Å². The average molecular weight is 402 g/mol. The lowest BCUT2D eigenvalue weighted by Gasteiger charge is -2.32. The standard InChI is InChI=1S/C21H27N3O3S/c1-28(26,27)20-8-6-17(7-9-20)15-24-11-3-5-19(16-24)14-23-21(25)12-18-4-2-10-22-13-18/h2,4,6-10,13,19H,3,5,11-12,14-16H2,1H3,(H,23,25). The molecule has 2 aromatic rings. The van der Waals surface area contributed by atoms with Crippen LogP contribution in [0, 0.1) is 5.92 Å². The average Bonchev–Trinajstić information content (AvgIpc) is 2.67. The number of rotatable bonds is 7. The second-order valence-corrected chi connectivity index (χ2v) is 9.52. The molecule has 28 heavy (non-hydrogen) atoms. The number of nitrogens with zero attached hydrogens (tertiary/aromatic N) is 2. The quantitative estimate of drug-likeness (QED) is 0.768. The number of likely N-dealkylation sites (tertiary alicyclic amines) is 1. The van der Waals surface area contributed by atoms with Gasteiger partial charge in [0.05, 0.1) is 11.3 Å². The first-order valence-corrected chi connectivity index (χ1v) is 11.5. The summed E-state index contributed by atoms with van der Waals surface area (Å²) in [6, 6.07) is 10.9. The summed E-state index contributed by atoms with van der Waals surface area (Å²) in [4.78, 5) is 18.9. The van der Waals surface area contributed by atoms with E-state index < -0.39 is 9.84 Å². The largest absolute Gasteiger partial charge is 0.355 e. The monoisotopic (exact) mass is 401 g/mol. The maximum atomic E-state index is 12.1. The van der Waals surface area contributed by atoms with Gasteiger partial charge in [-0.15, -0.1) is 0 Å². The molecule has 0 saturated carbocycles. The van der Waals surface area contributed by atoms with Gasteiger partial charge < -0.3 is 5.32 Å². The van der Waals surface area contributed by atoms with Crippen LogP contribution in [-0.2, 0) is 27.6 Å². The molecule has 6 nitrogen and oxygen atoms in total.